The first kappa shape index (κ1) is 17.9. The van der Waals surface area contributed by atoms with E-state index in [2.05, 4.69) is 15.6 Å². The molecule has 1 aromatic carbocycles. The van der Waals surface area contributed by atoms with Gasteiger partial charge in [-0.3, -0.25) is 14.9 Å². The lowest BCUT2D eigenvalue weighted by Crippen LogP contribution is -2.13. The Labute approximate surface area is 155 Å². The van der Waals surface area contributed by atoms with Gasteiger partial charge in [-0.25, -0.2) is 4.98 Å². The van der Waals surface area contributed by atoms with Gasteiger partial charge in [0.25, 0.3) is 11.8 Å². The maximum atomic E-state index is 12.7. The maximum absolute atomic E-state index is 12.7. The summed E-state index contributed by atoms with van der Waals surface area (Å²) in [6.45, 7) is 7.68. The van der Waals surface area contributed by atoms with E-state index in [4.69, 9.17) is 4.42 Å². The largest absolute Gasteiger partial charge is 0.459 e. The summed E-state index contributed by atoms with van der Waals surface area (Å²) >= 11 is 1.13. The zero-order valence-corrected chi connectivity index (χ0v) is 15.8. The van der Waals surface area contributed by atoms with E-state index >= 15 is 0 Å². The standard InChI is InChI=1S/C19H19N3O3S/c1-10-8-11(2)15(12(3)9-10)21-18(24)16-13(4)20-19(26-16)22-17(23)14-6-5-7-25-14/h5-9H,1-4H3,(H,21,24)(H,20,22,23). The van der Waals surface area contributed by atoms with Crippen LogP contribution in [0, 0.1) is 27.7 Å². The number of hydrogen-bond acceptors (Lipinski definition) is 5. The molecule has 134 valence electrons. The molecule has 3 aromatic rings. The van der Waals surface area contributed by atoms with Crippen molar-refractivity contribution in [1.82, 2.24) is 4.98 Å². The van der Waals surface area contributed by atoms with Gasteiger partial charge < -0.3 is 9.73 Å². The molecule has 26 heavy (non-hydrogen) atoms. The lowest BCUT2D eigenvalue weighted by atomic mass is 10.1. The van der Waals surface area contributed by atoms with Crippen LogP contribution in [0.5, 0.6) is 0 Å². The molecular weight excluding hydrogens is 350 g/mol. The van der Waals surface area contributed by atoms with Gasteiger partial charge in [-0.15, -0.1) is 0 Å². The van der Waals surface area contributed by atoms with Crippen molar-refractivity contribution in [3.8, 4) is 0 Å². The summed E-state index contributed by atoms with van der Waals surface area (Å²) in [4.78, 5) is 29.4. The number of carbonyl (C=O) groups excluding carboxylic acids is 2. The fraction of sp³-hybridized carbons (Fsp3) is 0.211. The van der Waals surface area contributed by atoms with Crippen LogP contribution in [0.3, 0.4) is 0 Å². The molecule has 0 fully saturated rings. The fourth-order valence-electron chi connectivity index (χ4n) is 2.77. The molecule has 7 heteroatoms. The van der Waals surface area contributed by atoms with E-state index in [1.807, 2.05) is 32.9 Å². The van der Waals surface area contributed by atoms with Gasteiger partial charge in [-0.05, 0) is 51.0 Å². The van der Waals surface area contributed by atoms with Gasteiger partial charge in [0, 0.05) is 5.69 Å². The molecule has 3 rings (SSSR count). The Morgan fingerprint density at radius 3 is 2.35 bits per heavy atom. The molecule has 2 amide bonds. The van der Waals surface area contributed by atoms with E-state index in [-0.39, 0.29) is 11.7 Å². The minimum Gasteiger partial charge on any atom is -0.459 e. The smallest absolute Gasteiger partial charge is 0.293 e. The summed E-state index contributed by atoms with van der Waals surface area (Å²) in [5.41, 5.74) is 4.52. The van der Waals surface area contributed by atoms with E-state index in [1.165, 1.54) is 6.26 Å². The van der Waals surface area contributed by atoms with Crippen LogP contribution in [0.2, 0.25) is 0 Å². The number of nitrogens with one attached hydrogen (secondary N) is 2. The highest BCUT2D eigenvalue weighted by molar-refractivity contribution is 7.17. The first-order chi connectivity index (χ1) is 12.3. The van der Waals surface area contributed by atoms with Crippen molar-refractivity contribution in [2.24, 2.45) is 0 Å². The van der Waals surface area contributed by atoms with Crippen LogP contribution in [-0.4, -0.2) is 16.8 Å². The van der Waals surface area contributed by atoms with Crippen LogP contribution < -0.4 is 10.6 Å². The van der Waals surface area contributed by atoms with Gasteiger partial charge in [-0.1, -0.05) is 29.0 Å². The topological polar surface area (TPSA) is 84.2 Å². The third-order valence-electron chi connectivity index (χ3n) is 3.88. The number of rotatable bonds is 4. The van der Waals surface area contributed by atoms with Crippen LogP contribution in [0.1, 0.15) is 42.6 Å². The molecule has 0 atom stereocenters. The van der Waals surface area contributed by atoms with Crippen molar-refractivity contribution in [3.63, 3.8) is 0 Å². The van der Waals surface area contributed by atoms with Crippen molar-refractivity contribution in [2.75, 3.05) is 10.6 Å². The second-order valence-electron chi connectivity index (χ2n) is 6.09. The molecule has 0 saturated carbocycles. The number of amides is 2. The average Bonchev–Trinajstić information content (AvgIpc) is 3.20. The Kier molecular flexibility index (Phi) is 4.90. The minimum absolute atomic E-state index is 0.190. The number of hydrogen-bond donors (Lipinski definition) is 2. The van der Waals surface area contributed by atoms with Gasteiger partial charge in [0.05, 0.1) is 12.0 Å². The van der Waals surface area contributed by atoms with Crippen LogP contribution in [0.15, 0.2) is 34.9 Å². The van der Waals surface area contributed by atoms with E-state index in [1.54, 1.807) is 19.1 Å². The Morgan fingerprint density at radius 2 is 1.73 bits per heavy atom. The predicted molar refractivity (Wildman–Crippen MR) is 102 cm³/mol. The molecular formula is C19H19N3O3S. The fourth-order valence-corrected chi connectivity index (χ4v) is 3.63. The van der Waals surface area contributed by atoms with E-state index in [0.29, 0.717) is 15.7 Å². The van der Waals surface area contributed by atoms with Crippen LogP contribution in [0.25, 0.3) is 0 Å². The Hall–Kier alpha value is -2.93. The quantitative estimate of drug-likeness (QED) is 0.710. The van der Waals surface area contributed by atoms with Gasteiger partial charge >= 0.3 is 0 Å². The molecule has 2 heterocycles. The lowest BCUT2D eigenvalue weighted by Gasteiger charge is -2.12. The molecule has 6 nitrogen and oxygen atoms in total. The summed E-state index contributed by atoms with van der Waals surface area (Å²) in [5, 5.41) is 5.96. The Morgan fingerprint density at radius 1 is 1.04 bits per heavy atom. The Balaban J connectivity index is 1.79. The number of thiazole rings is 1. The third kappa shape index (κ3) is 3.67. The molecule has 0 aliphatic carbocycles. The average molecular weight is 369 g/mol. The van der Waals surface area contributed by atoms with Crippen LogP contribution >= 0.6 is 11.3 Å². The molecule has 0 radical (unpaired) electrons. The number of nitrogens with zero attached hydrogens (tertiary/aromatic N) is 1. The molecule has 2 aromatic heterocycles. The lowest BCUT2D eigenvalue weighted by molar-refractivity contribution is 0.0994. The summed E-state index contributed by atoms with van der Waals surface area (Å²) in [5.74, 6) is -0.454. The maximum Gasteiger partial charge on any atom is 0.293 e. The number of benzene rings is 1. The third-order valence-corrected chi connectivity index (χ3v) is 4.96. The molecule has 0 aliphatic heterocycles. The number of furan rings is 1. The summed E-state index contributed by atoms with van der Waals surface area (Å²) < 4.78 is 5.05. The second kappa shape index (κ2) is 7.13. The SMILES string of the molecule is Cc1cc(C)c(NC(=O)c2sc(NC(=O)c3ccco3)nc2C)c(C)c1. The first-order valence-electron chi connectivity index (χ1n) is 8.06. The van der Waals surface area contributed by atoms with E-state index < -0.39 is 5.91 Å². The number of aromatic nitrogens is 1. The summed E-state index contributed by atoms with van der Waals surface area (Å²) in [6.07, 6.45) is 1.42. The summed E-state index contributed by atoms with van der Waals surface area (Å²) in [6, 6.07) is 7.24. The van der Waals surface area contributed by atoms with Crippen LogP contribution in [0.4, 0.5) is 10.8 Å². The van der Waals surface area contributed by atoms with Crippen molar-refractivity contribution in [3.05, 3.63) is 63.6 Å². The monoisotopic (exact) mass is 369 g/mol. The van der Waals surface area contributed by atoms with Gasteiger partial charge in [0.2, 0.25) is 0 Å². The van der Waals surface area contributed by atoms with Crippen molar-refractivity contribution in [1.29, 1.82) is 0 Å². The highest BCUT2D eigenvalue weighted by atomic mass is 32.1. The molecule has 0 aliphatic rings. The highest BCUT2D eigenvalue weighted by Gasteiger charge is 2.19. The van der Waals surface area contributed by atoms with Crippen molar-refractivity contribution >= 4 is 34.0 Å². The second-order valence-corrected chi connectivity index (χ2v) is 7.09. The molecule has 0 unspecified atom stereocenters. The van der Waals surface area contributed by atoms with Gasteiger partial charge in [-0.2, -0.15) is 0 Å². The molecule has 0 bridgehead atoms. The van der Waals surface area contributed by atoms with Gasteiger partial charge in [0.15, 0.2) is 10.9 Å². The normalized spacial score (nSPS) is 10.6. The Bertz CT molecular complexity index is 951. The highest BCUT2D eigenvalue weighted by Crippen LogP contribution is 2.27. The number of anilines is 2. The van der Waals surface area contributed by atoms with E-state index in [0.717, 1.165) is 33.7 Å². The van der Waals surface area contributed by atoms with Crippen LogP contribution in [-0.2, 0) is 0 Å². The number of carbonyl (C=O) groups is 2. The number of aryl methyl sites for hydroxylation is 4. The predicted octanol–water partition coefficient (Wildman–Crippen LogP) is 4.47. The molecule has 2 N–H and O–H groups in total. The molecule has 0 spiro atoms. The first-order valence-corrected chi connectivity index (χ1v) is 8.88. The molecule has 0 saturated heterocycles. The zero-order chi connectivity index (χ0) is 18.8. The van der Waals surface area contributed by atoms with Gasteiger partial charge in [0.1, 0.15) is 4.88 Å². The summed E-state index contributed by atoms with van der Waals surface area (Å²) in [7, 11) is 0. The van der Waals surface area contributed by atoms with Crippen molar-refractivity contribution in [2.45, 2.75) is 27.7 Å². The minimum atomic E-state index is -0.402. The zero-order valence-electron chi connectivity index (χ0n) is 15.0. The van der Waals surface area contributed by atoms with E-state index in [9.17, 15) is 9.59 Å². The van der Waals surface area contributed by atoms with Crippen molar-refractivity contribution < 1.29 is 14.0 Å².